The predicted octanol–water partition coefficient (Wildman–Crippen LogP) is 2.26. The molecule has 1 atom stereocenters. The molecule has 1 rings (SSSR count). The summed E-state index contributed by atoms with van der Waals surface area (Å²) in [7, 11) is 0. The first-order chi connectivity index (χ1) is 7.91. The summed E-state index contributed by atoms with van der Waals surface area (Å²) in [6.07, 6.45) is -0.0631. The molecule has 0 aliphatic heterocycles. The van der Waals surface area contributed by atoms with Crippen LogP contribution in [0.1, 0.15) is 37.4 Å². The first-order valence-corrected chi connectivity index (χ1v) is 5.65. The molecule has 1 aromatic rings. The summed E-state index contributed by atoms with van der Waals surface area (Å²) in [4.78, 5) is 10.7. The van der Waals surface area contributed by atoms with Crippen LogP contribution in [0.15, 0.2) is 18.2 Å². The van der Waals surface area contributed by atoms with Crippen molar-refractivity contribution in [2.45, 2.75) is 39.3 Å². The summed E-state index contributed by atoms with van der Waals surface area (Å²) in [5.41, 5.74) is 7.65. The molecule has 4 nitrogen and oxygen atoms in total. The van der Waals surface area contributed by atoms with Crippen molar-refractivity contribution in [2.75, 3.05) is 0 Å². The first-order valence-electron chi connectivity index (χ1n) is 5.65. The number of carboxylic acids is 1. The maximum Gasteiger partial charge on any atom is 0.305 e. The van der Waals surface area contributed by atoms with Gasteiger partial charge in [-0.25, -0.2) is 0 Å². The Balaban J connectivity index is 3.06. The van der Waals surface area contributed by atoms with Gasteiger partial charge >= 0.3 is 5.97 Å². The highest BCUT2D eigenvalue weighted by Crippen LogP contribution is 2.29. The van der Waals surface area contributed by atoms with Crippen molar-refractivity contribution in [1.82, 2.24) is 0 Å². The van der Waals surface area contributed by atoms with Crippen LogP contribution in [-0.2, 0) is 4.79 Å². The fourth-order valence-electron chi connectivity index (χ4n) is 1.78. The molecule has 1 aromatic carbocycles. The summed E-state index contributed by atoms with van der Waals surface area (Å²) in [5.74, 6) is -0.231. The fraction of sp³-hybridized carbons (Fsp3) is 0.462. The zero-order chi connectivity index (χ0) is 13.0. The molecule has 0 aliphatic rings. The van der Waals surface area contributed by atoms with E-state index in [4.69, 9.17) is 15.6 Å². The zero-order valence-corrected chi connectivity index (χ0v) is 10.4. The smallest absolute Gasteiger partial charge is 0.305 e. The number of carboxylic acid groups (broad SMARTS) is 1. The van der Waals surface area contributed by atoms with Gasteiger partial charge in [-0.1, -0.05) is 12.1 Å². The van der Waals surface area contributed by atoms with E-state index in [0.29, 0.717) is 5.75 Å². The molecule has 0 amide bonds. The first kappa shape index (κ1) is 13.5. The molecule has 0 aromatic heterocycles. The molecule has 1 unspecified atom stereocenters. The minimum atomic E-state index is -0.906. The normalized spacial score (nSPS) is 12.5. The van der Waals surface area contributed by atoms with Crippen molar-refractivity contribution < 1.29 is 14.6 Å². The van der Waals surface area contributed by atoms with E-state index in [0.717, 1.165) is 11.1 Å². The van der Waals surface area contributed by atoms with Crippen LogP contribution in [-0.4, -0.2) is 17.2 Å². The molecule has 0 fully saturated rings. The number of aryl methyl sites for hydroxylation is 1. The van der Waals surface area contributed by atoms with Gasteiger partial charge in [-0.2, -0.15) is 0 Å². The fourth-order valence-corrected chi connectivity index (χ4v) is 1.78. The zero-order valence-electron chi connectivity index (χ0n) is 10.4. The second kappa shape index (κ2) is 5.68. The average Bonchev–Trinajstić information content (AvgIpc) is 2.14. The molecule has 0 radical (unpaired) electrons. The molecule has 0 saturated carbocycles. The van der Waals surface area contributed by atoms with Gasteiger partial charge in [0.2, 0.25) is 0 Å². The third kappa shape index (κ3) is 3.75. The van der Waals surface area contributed by atoms with Gasteiger partial charge in [0.25, 0.3) is 0 Å². The summed E-state index contributed by atoms with van der Waals surface area (Å²) in [6.45, 7) is 5.76. The molecular formula is C13H19NO3. The van der Waals surface area contributed by atoms with E-state index >= 15 is 0 Å². The van der Waals surface area contributed by atoms with Crippen LogP contribution in [0.4, 0.5) is 0 Å². The van der Waals surface area contributed by atoms with Crippen molar-refractivity contribution in [3.63, 3.8) is 0 Å². The van der Waals surface area contributed by atoms with Gasteiger partial charge in [0.05, 0.1) is 12.5 Å². The lowest BCUT2D eigenvalue weighted by Gasteiger charge is -2.19. The molecule has 0 heterocycles. The molecule has 17 heavy (non-hydrogen) atoms. The van der Waals surface area contributed by atoms with Gasteiger partial charge < -0.3 is 15.6 Å². The molecule has 0 bridgehead atoms. The van der Waals surface area contributed by atoms with E-state index in [9.17, 15) is 4.79 Å². The standard InChI is InChI=1S/C13H19NO3/c1-8(2)17-11-6-4-5-9(3)13(11)10(14)7-12(15)16/h4-6,8,10H,7,14H2,1-3H3,(H,15,16). The minimum absolute atomic E-state index is 0.0348. The van der Waals surface area contributed by atoms with Crippen molar-refractivity contribution >= 4 is 5.97 Å². The third-order valence-electron chi connectivity index (χ3n) is 2.41. The Morgan fingerprint density at radius 1 is 1.47 bits per heavy atom. The molecule has 0 spiro atoms. The van der Waals surface area contributed by atoms with E-state index in [-0.39, 0.29) is 12.5 Å². The highest BCUT2D eigenvalue weighted by Gasteiger charge is 2.18. The Bertz CT molecular complexity index is 402. The van der Waals surface area contributed by atoms with E-state index < -0.39 is 12.0 Å². The highest BCUT2D eigenvalue weighted by atomic mass is 16.5. The van der Waals surface area contributed by atoms with Gasteiger partial charge in [0, 0.05) is 11.6 Å². The van der Waals surface area contributed by atoms with Crippen LogP contribution < -0.4 is 10.5 Å². The number of nitrogens with two attached hydrogens (primary N) is 1. The largest absolute Gasteiger partial charge is 0.491 e. The summed E-state index contributed by atoms with van der Waals surface area (Å²) < 4.78 is 5.66. The maximum absolute atomic E-state index is 10.7. The lowest BCUT2D eigenvalue weighted by Crippen LogP contribution is -2.18. The lowest BCUT2D eigenvalue weighted by atomic mass is 9.98. The van der Waals surface area contributed by atoms with E-state index in [2.05, 4.69) is 0 Å². The van der Waals surface area contributed by atoms with Crippen LogP contribution in [0, 0.1) is 6.92 Å². The molecule has 3 N–H and O–H groups in total. The Labute approximate surface area is 101 Å². The maximum atomic E-state index is 10.7. The molecular weight excluding hydrogens is 218 g/mol. The number of benzene rings is 1. The van der Waals surface area contributed by atoms with Gasteiger partial charge in [0.15, 0.2) is 0 Å². The van der Waals surface area contributed by atoms with Crippen LogP contribution >= 0.6 is 0 Å². The monoisotopic (exact) mass is 237 g/mol. The Morgan fingerprint density at radius 3 is 2.65 bits per heavy atom. The number of hydrogen-bond donors (Lipinski definition) is 2. The highest BCUT2D eigenvalue weighted by molar-refractivity contribution is 5.68. The van der Waals surface area contributed by atoms with E-state index in [1.54, 1.807) is 0 Å². The van der Waals surface area contributed by atoms with Crippen molar-refractivity contribution in [1.29, 1.82) is 0 Å². The summed E-state index contributed by atoms with van der Waals surface area (Å²) >= 11 is 0. The summed E-state index contributed by atoms with van der Waals surface area (Å²) in [6, 6.07) is 5.07. The Kier molecular flexibility index (Phi) is 4.52. The second-order valence-electron chi connectivity index (χ2n) is 4.36. The SMILES string of the molecule is Cc1cccc(OC(C)C)c1C(N)CC(=O)O. The van der Waals surface area contributed by atoms with Crippen LogP contribution in [0.3, 0.4) is 0 Å². The lowest BCUT2D eigenvalue weighted by molar-refractivity contribution is -0.137. The van der Waals surface area contributed by atoms with Crippen molar-refractivity contribution in [2.24, 2.45) is 5.73 Å². The van der Waals surface area contributed by atoms with Gasteiger partial charge in [-0.15, -0.1) is 0 Å². The number of aliphatic carboxylic acids is 1. The number of ether oxygens (including phenoxy) is 1. The second-order valence-corrected chi connectivity index (χ2v) is 4.36. The van der Waals surface area contributed by atoms with Crippen LogP contribution in [0.2, 0.25) is 0 Å². The Hall–Kier alpha value is -1.55. The van der Waals surface area contributed by atoms with Crippen molar-refractivity contribution in [3.05, 3.63) is 29.3 Å². The van der Waals surface area contributed by atoms with Gasteiger partial charge in [-0.3, -0.25) is 4.79 Å². The number of hydrogen-bond acceptors (Lipinski definition) is 3. The average molecular weight is 237 g/mol. The van der Waals surface area contributed by atoms with Crippen LogP contribution in [0.25, 0.3) is 0 Å². The number of carbonyl (C=O) groups is 1. The minimum Gasteiger partial charge on any atom is -0.491 e. The van der Waals surface area contributed by atoms with Crippen LogP contribution in [0.5, 0.6) is 5.75 Å². The van der Waals surface area contributed by atoms with E-state index in [1.807, 2.05) is 39.0 Å². The number of rotatable bonds is 5. The third-order valence-corrected chi connectivity index (χ3v) is 2.41. The van der Waals surface area contributed by atoms with Gasteiger partial charge in [0.1, 0.15) is 5.75 Å². The quantitative estimate of drug-likeness (QED) is 0.823. The molecule has 4 heteroatoms. The van der Waals surface area contributed by atoms with E-state index in [1.165, 1.54) is 0 Å². The molecule has 0 saturated heterocycles. The van der Waals surface area contributed by atoms with Crippen molar-refractivity contribution in [3.8, 4) is 5.75 Å². The Morgan fingerprint density at radius 2 is 2.12 bits per heavy atom. The molecule has 94 valence electrons. The summed E-state index contributed by atoms with van der Waals surface area (Å²) in [5, 5.41) is 8.79. The topological polar surface area (TPSA) is 72.5 Å². The predicted molar refractivity (Wildman–Crippen MR) is 66.1 cm³/mol. The molecule has 0 aliphatic carbocycles. The van der Waals surface area contributed by atoms with Gasteiger partial charge in [-0.05, 0) is 32.4 Å².